The van der Waals surface area contributed by atoms with Crippen LogP contribution in [0.15, 0.2) is 0 Å². The lowest BCUT2D eigenvalue weighted by atomic mass is 10.1. The lowest BCUT2D eigenvalue weighted by Crippen LogP contribution is -2.09. The fraction of sp³-hybridized carbons (Fsp3) is 1.00. The van der Waals surface area contributed by atoms with Gasteiger partial charge < -0.3 is 0 Å². The van der Waals surface area contributed by atoms with Crippen molar-refractivity contribution in [3.05, 3.63) is 0 Å². The quantitative estimate of drug-likeness (QED) is 0.241. The normalized spacial score (nSPS) is 16.0. The van der Waals surface area contributed by atoms with Crippen LogP contribution in [0.2, 0.25) is 0 Å². The Labute approximate surface area is 134 Å². The predicted octanol–water partition coefficient (Wildman–Crippen LogP) is 7.21. The second-order valence-electron chi connectivity index (χ2n) is 6.49. The highest BCUT2D eigenvalue weighted by Crippen LogP contribution is 2.53. The maximum Gasteiger partial charge on any atom is -0.0149 e. The minimum atomic E-state index is -1.07. The molecular weight excluding hydrogens is 279 g/mol. The van der Waals surface area contributed by atoms with Crippen LogP contribution in [0, 0.1) is 0 Å². The van der Waals surface area contributed by atoms with E-state index in [1.54, 1.807) is 0 Å². The van der Waals surface area contributed by atoms with Gasteiger partial charge in [-0.3, -0.25) is 0 Å². The fourth-order valence-corrected chi connectivity index (χ4v) is 7.36. The van der Waals surface area contributed by atoms with Crippen LogP contribution in [0.25, 0.3) is 0 Å². The molecule has 0 aliphatic carbocycles. The maximum absolute atomic E-state index is 6.19. The van der Waals surface area contributed by atoms with Crippen LogP contribution in [-0.4, -0.2) is 18.0 Å². The predicted molar refractivity (Wildman–Crippen MR) is 101 cm³/mol. The molecule has 0 aromatic heterocycles. The second kappa shape index (κ2) is 13.3. The number of rotatable bonds is 14. The molecule has 0 saturated heterocycles. The van der Waals surface area contributed by atoms with E-state index in [-0.39, 0.29) is 0 Å². The molecule has 0 N–H and O–H groups in total. The second-order valence-corrected chi connectivity index (χ2v) is 12.3. The molecule has 0 aliphatic heterocycles. The summed E-state index contributed by atoms with van der Waals surface area (Å²) in [5.41, 5.74) is 0.815. The maximum atomic E-state index is 6.19. The van der Waals surface area contributed by atoms with Gasteiger partial charge in [-0.2, -0.15) is 0 Å². The molecule has 0 nitrogen and oxygen atoms in total. The molecule has 0 heterocycles. The van der Waals surface area contributed by atoms with Gasteiger partial charge in [0.1, 0.15) is 0 Å². The lowest BCUT2D eigenvalue weighted by Gasteiger charge is -2.28. The molecule has 0 aromatic rings. The molecule has 20 heavy (non-hydrogen) atoms. The highest BCUT2D eigenvalue weighted by Gasteiger charge is 2.22. The summed E-state index contributed by atoms with van der Waals surface area (Å²) in [7, 11) is 0. The zero-order valence-electron chi connectivity index (χ0n) is 14.6. The molecule has 0 spiro atoms. The van der Waals surface area contributed by atoms with Crippen molar-refractivity contribution in [2.75, 3.05) is 12.3 Å². The molecule has 0 saturated carbocycles. The Kier molecular flexibility index (Phi) is 13.8. The third kappa shape index (κ3) is 9.56. The molecule has 0 radical (unpaired) electrons. The largest absolute Gasteiger partial charge is 0.0972 e. The van der Waals surface area contributed by atoms with E-state index in [4.69, 9.17) is 11.8 Å². The van der Waals surface area contributed by atoms with Crippen molar-refractivity contribution in [3.63, 3.8) is 0 Å². The van der Waals surface area contributed by atoms with Crippen molar-refractivity contribution in [3.8, 4) is 0 Å². The first-order valence-corrected chi connectivity index (χ1v) is 12.4. The van der Waals surface area contributed by atoms with Gasteiger partial charge in [-0.05, 0) is 43.3 Å². The van der Waals surface area contributed by atoms with Gasteiger partial charge in [-0.1, -0.05) is 90.9 Å². The molecular formula is C18H39PS. The average molecular weight is 319 g/mol. The number of unbranched alkanes of at least 4 members (excludes halogenated alkanes) is 8. The molecule has 0 aliphatic rings. The van der Waals surface area contributed by atoms with E-state index in [2.05, 4.69) is 27.7 Å². The lowest BCUT2D eigenvalue weighted by molar-refractivity contribution is 0.625. The zero-order valence-corrected chi connectivity index (χ0v) is 16.3. The summed E-state index contributed by atoms with van der Waals surface area (Å²) in [4.78, 5) is 0. The highest BCUT2D eigenvalue weighted by atomic mass is 32.4. The summed E-state index contributed by atoms with van der Waals surface area (Å²) in [6, 6.07) is -1.07. The zero-order chi connectivity index (χ0) is 15.3. The van der Waals surface area contributed by atoms with Crippen LogP contribution in [0.5, 0.6) is 0 Å². The molecule has 2 unspecified atom stereocenters. The van der Waals surface area contributed by atoms with E-state index in [9.17, 15) is 0 Å². The third-order valence-corrected chi connectivity index (χ3v) is 11.0. The molecule has 0 aromatic carbocycles. The standard InChI is InChI=1S/C18H39PS/c1-5-8-10-12-13-15-17-19(20,18(4)7-3)16-14-11-9-6-2/h18H,5-17H2,1-4H3. The molecule has 2 heteroatoms. The smallest absolute Gasteiger partial charge is 0.0149 e. The van der Waals surface area contributed by atoms with Crippen LogP contribution in [-0.2, 0) is 11.8 Å². The van der Waals surface area contributed by atoms with E-state index < -0.39 is 6.04 Å². The minimum Gasteiger partial charge on any atom is -0.0972 e. The van der Waals surface area contributed by atoms with Crippen molar-refractivity contribution < 1.29 is 0 Å². The van der Waals surface area contributed by atoms with Gasteiger partial charge in [0.05, 0.1) is 0 Å². The van der Waals surface area contributed by atoms with Crippen LogP contribution >= 0.6 is 6.04 Å². The van der Waals surface area contributed by atoms with E-state index in [1.807, 2.05) is 0 Å². The van der Waals surface area contributed by atoms with Crippen LogP contribution in [0.4, 0.5) is 0 Å². The topological polar surface area (TPSA) is 0 Å². The summed E-state index contributed by atoms with van der Waals surface area (Å²) < 4.78 is 0. The Morgan fingerprint density at radius 2 is 1.10 bits per heavy atom. The first kappa shape index (κ1) is 20.6. The van der Waals surface area contributed by atoms with Gasteiger partial charge in [-0.15, -0.1) is 0 Å². The summed E-state index contributed by atoms with van der Waals surface area (Å²) in [5, 5.41) is 0. The van der Waals surface area contributed by atoms with Gasteiger partial charge in [-0.25, -0.2) is 0 Å². The highest BCUT2D eigenvalue weighted by molar-refractivity contribution is 8.14. The average Bonchev–Trinajstić information content (AvgIpc) is 2.46. The van der Waals surface area contributed by atoms with Crippen molar-refractivity contribution in [2.45, 2.75) is 104 Å². The van der Waals surface area contributed by atoms with E-state index in [0.717, 1.165) is 5.66 Å². The van der Waals surface area contributed by atoms with Crippen LogP contribution < -0.4 is 0 Å². The summed E-state index contributed by atoms with van der Waals surface area (Å²) in [5.74, 6) is 0. The monoisotopic (exact) mass is 318 g/mol. The van der Waals surface area contributed by atoms with E-state index in [0.29, 0.717) is 0 Å². The Hall–Kier alpha value is 0.650. The minimum absolute atomic E-state index is 0.815. The van der Waals surface area contributed by atoms with Crippen molar-refractivity contribution >= 4 is 17.8 Å². The number of hydrogen-bond donors (Lipinski definition) is 0. The molecule has 0 bridgehead atoms. The van der Waals surface area contributed by atoms with E-state index >= 15 is 0 Å². The Balaban J connectivity index is 4.03. The summed E-state index contributed by atoms with van der Waals surface area (Å²) in [6.07, 6.45) is 18.0. The summed E-state index contributed by atoms with van der Waals surface area (Å²) in [6.45, 7) is 9.34. The van der Waals surface area contributed by atoms with Gasteiger partial charge in [0.25, 0.3) is 0 Å². The Morgan fingerprint density at radius 3 is 1.55 bits per heavy atom. The fourth-order valence-electron chi connectivity index (χ4n) is 2.85. The van der Waals surface area contributed by atoms with Crippen molar-refractivity contribution in [2.24, 2.45) is 0 Å². The first-order valence-electron chi connectivity index (χ1n) is 9.18. The van der Waals surface area contributed by atoms with Crippen molar-refractivity contribution in [1.29, 1.82) is 0 Å². The molecule has 0 rings (SSSR count). The van der Waals surface area contributed by atoms with Gasteiger partial charge in [0.15, 0.2) is 0 Å². The van der Waals surface area contributed by atoms with E-state index in [1.165, 1.54) is 83.0 Å². The van der Waals surface area contributed by atoms with Crippen LogP contribution in [0.3, 0.4) is 0 Å². The Bertz CT molecular complexity index is 250. The summed E-state index contributed by atoms with van der Waals surface area (Å²) >= 11 is 6.19. The van der Waals surface area contributed by atoms with Crippen LogP contribution in [0.1, 0.15) is 98.3 Å². The molecule has 122 valence electrons. The van der Waals surface area contributed by atoms with Gasteiger partial charge in [0, 0.05) is 0 Å². The molecule has 0 fully saturated rings. The molecule has 2 atom stereocenters. The van der Waals surface area contributed by atoms with Gasteiger partial charge >= 0.3 is 0 Å². The van der Waals surface area contributed by atoms with Gasteiger partial charge in [0.2, 0.25) is 0 Å². The SMILES string of the molecule is CCCCCCCCP(=S)(CCCCCC)C(C)CC. The first-order chi connectivity index (χ1) is 9.60. The Morgan fingerprint density at radius 1 is 0.700 bits per heavy atom. The number of hydrogen-bond acceptors (Lipinski definition) is 1. The third-order valence-electron chi connectivity index (χ3n) is 4.67. The van der Waals surface area contributed by atoms with Crippen molar-refractivity contribution in [1.82, 2.24) is 0 Å². The molecule has 0 amide bonds.